The number of hydrogen-bond donors (Lipinski definition) is 2. The van der Waals surface area contributed by atoms with Crippen molar-refractivity contribution < 1.29 is 9.59 Å². The summed E-state index contributed by atoms with van der Waals surface area (Å²) in [5.74, 6) is -0.409. The molecule has 0 spiro atoms. The number of pyridine rings is 1. The molecule has 2 rings (SSSR count). The molecule has 3 amide bonds. The molecule has 2 aromatic rings. The topological polar surface area (TPSA) is 94.9 Å². The lowest BCUT2D eigenvalue weighted by Gasteiger charge is -2.08. The lowest BCUT2D eigenvalue weighted by molar-refractivity contribution is -0.117. The summed E-state index contributed by atoms with van der Waals surface area (Å²) in [6, 6.07) is 10.1. The lowest BCUT2D eigenvalue weighted by atomic mass is 10.1. The van der Waals surface area contributed by atoms with Crippen molar-refractivity contribution in [3.05, 3.63) is 53.2 Å². The van der Waals surface area contributed by atoms with E-state index in [9.17, 15) is 9.59 Å². The van der Waals surface area contributed by atoms with E-state index in [4.69, 9.17) is 5.26 Å². The molecule has 0 aliphatic rings. The minimum atomic E-state index is -0.581. The maximum absolute atomic E-state index is 11.8. The average molecular weight is 340 g/mol. The monoisotopic (exact) mass is 340 g/mol. The Labute approximate surface area is 144 Å². The molecule has 1 aromatic heterocycles. The second-order valence-electron chi connectivity index (χ2n) is 5.08. The number of aryl methyl sites for hydroxylation is 2. The van der Waals surface area contributed by atoms with Gasteiger partial charge in [-0.2, -0.15) is 5.26 Å². The number of nitriles is 1. The number of amides is 3. The molecule has 2 N–H and O–H groups in total. The quantitative estimate of drug-likeness (QED) is 0.834. The van der Waals surface area contributed by atoms with Crippen molar-refractivity contribution in [2.75, 3.05) is 11.1 Å². The van der Waals surface area contributed by atoms with Crippen molar-refractivity contribution in [3.8, 4) is 6.07 Å². The minimum Gasteiger partial charge on any atom is -0.308 e. The molecule has 1 heterocycles. The molecule has 6 nitrogen and oxygen atoms in total. The highest BCUT2D eigenvalue weighted by molar-refractivity contribution is 7.99. The molecule has 0 radical (unpaired) electrons. The molecule has 0 aliphatic heterocycles. The van der Waals surface area contributed by atoms with Gasteiger partial charge in [-0.15, -0.1) is 0 Å². The predicted molar refractivity (Wildman–Crippen MR) is 92.8 cm³/mol. The number of imide groups is 1. The van der Waals surface area contributed by atoms with Crippen LogP contribution in [0.1, 0.15) is 16.7 Å². The zero-order valence-electron chi connectivity index (χ0n) is 13.3. The summed E-state index contributed by atoms with van der Waals surface area (Å²) in [7, 11) is 0. The number of benzene rings is 1. The van der Waals surface area contributed by atoms with Crippen molar-refractivity contribution >= 4 is 29.4 Å². The fourth-order valence-corrected chi connectivity index (χ4v) is 2.54. The van der Waals surface area contributed by atoms with Gasteiger partial charge in [0.05, 0.1) is 22.4 Å². The third-order valence-electron chi connectivity index (χ3n) is 3.23. The summed E-state index contributed by atoms with van der Waals surface area (Å²) in [6.07, 6.45) is 1.51. The molecular weight excluding hydrogens is 324 g/mol. The van der Waals surface area contributed by atoms with Crippen LogP contribution in [0, 0.1) is 25.2 Å². The Balaban J connectivity index is 1.84. The van der Waals surface area contributed by atoms with E-state index in [1.807, 2.05) is 32.0 Å². The Morgan fingerprint density at radius 1 is 1.21 bits per heavy atom. The summed E-state index contributed by atoms with van der Waals surface area (Å²) in [4.78, 5) is 27.7. The summed E-state index contributed by atoms with van der Waals surface area (Å²) in [6.45, 7) is 3.93. The molecule has 0 unspecified atom stereocenters. The normalized spacial score (nSPS) is 9.88. The third kappa shape index (κ3) is 5.11. The molecule has 1 aromatic carbocycles. The Kier molecular flexibility index (Phi) is 5.93. The van der Waals surface area contributed by atoms with Crippen LogP contribution in [-0.4, -0.2) is 22.7 Å². The van der Waals surface area contributed by atoms with E-state index in [0.29, 0.717) is 16.3 Å². The summed E-state index contributed by atoms with van der Waals surface area (Å²) in [5, 5.41) is 14.2. The van der Waals surface area contributed by atoms with Gasteiger partial charge < -0.3 is 5.32 Å². The summed E-state index contributed by atoms with van der Waals surface area (Å²) >= 11 is 1.16. The van der Waals surface area contributed by atoms with Crippen LogP contribution in [0.3, 0.4) is 0 Å². The fourth-order valence-electron chi connectivity index (χ4n) is 1.84. The zero-order valence-corrected chi connectivity index (χ0v) is 14.1. The number of nitrogens with one attached hydrogen (secondary N) is 2. The van der Waals surface area contributed by atoms with E-state index in [-0.39, 0.29) is 5.75 Å². The third-order valence-corrected chi connectivity index (χ3v) is 4.16. The van der Waals surface area contributed by atoms with Crippen molar-refractivity contribution in [1.29, 1.82) is 5.26 Å². The number of carbonyl (C=O) groups is 2. The van der Waals surface area contributed by atoms with Crippen LogP contribution < -0.4 is 10.6 Å². The Morgan fingerprint density at radius 3 is 2.71 bits per heavy atom. The van der Waals surface area contributed by atoms with Gasteiger partial charge >= 0.3 is 6.03 Å². The smallest absolute Gasteiger partial charge is 0.308 e. The molecule has 122 valence electrons. The van der Waals surface area contributed by atoms with Crippen LogP contribution in [0.4, 0.5) is 10.5 Å². The van der Waals surface area contributed by atoms with Gasteiger partial charge in [0, 0.05) is 11.9 Å². The van der Waals surface area contributed by atoms with Crippen LogP contribution >= 0.6 is 11.8 Å². The Bertz CT molecular complexity index is 814. The Morgan fingerprint density at radius 2 is 2.00 bits per heavy atom. The van der Waals surface area contributed by atoms with E-state index in [1.54, 1.807) is 18.2 Å². The standard InChI is InChI=1S/C17H16N4O2S/c1-11-3-4-14(7-12(11)2)20-17(23)21-15(22)10-24-16-8-13(9-18)5-6-19-16/h3-8H,10H2,1-2H3,(H2,20,21,22,23). The largest absolute Gasteiger partial charge is 0.325 e. The lowest BCUT2D eigenvalue weighted by Crippen LogP contribution is -2.35. The second-order valence-corrected chi connectivity index (χ2v) is 6.08. The number of rotatable bonds is 4. The number of thioether (sulfide) groups is 1. The number of anilines is 1. The first-order valence-corrected chi connectivity index (χ1v) is 8.13. The van der Waals surface area contributed by atoms with Crippen molar-refractivity contribution in [3.63, 3.8) is 0 Å². The molecule has 0 saturated carbocycles. The first kappa shape index (κ1) is 17.5. The zero-order chi connectivity index (χ0) is 17.5. The summed E-state index contributed by atoms with van der Waals surface area (Å²) in [5.41, 5.74) is 3.28. The van der Waals surface area contributed by atoms with Crippen LogP contribution in [0.15, 0.2) is 41.6 Å². The molecule has 24 heavy (non-hydrogen) atoms. The van der Waals surface area contributed by atoms with E-state index in [2.05, 4.69) is 15.6 Å². The highest BCUT2D eigenvalue weighted by Crippen LogP contribution is 2.16. The predicted octanol–water partition coefficient (Wildman–Crippen LogP) is 3.01. The number of urea groups is 1. The maximum atomic E-state index is 11.8. The van der Waals surface area contributed by atoms with Crippen LogP contribution in [-0.2, 0) is 4.79 Å². The molecular formula is C17H16N4O2S. The van der Waals surface area contributed by atoms with E-state index < -0.39 is 11.9 Å². The van der Waals surface area contributed by atoms with Crippen LogP contribution in [0.25, 0.3) is 0 Å². The van der Waals surface area contributed by atoms with Crippen LogP contribution in [0.2, 0.25) is 0 Å². The first-order valence-electron chi connectivity index (χ1n) is 7.15. The van der Waals surface area contributed by atoms with Crippen LogP contribution in [0.5, 0.6) is 0 Å². The van der Waals surface area contributed by atoms with Gasteiger partial charge in [0.1, 0.15) is 0 Å². The van der Waals surface area contributed by atoms with Gasteiger partial charge in [0.15, 0.2) is 0 Å². The van der Waals surface area contributed by atoms with Crippen molar-refractivity contribution in [2.45, 2.75) is 18.9 Å². The number of hydrogen-bond acceptors (Lipinski definition) is 5. The van der Waals surface area contributed by atoms with Gasteiger partial charge in [-0.1, -0.05) is 17.8 Å². The molecule has 0 atom stereocenters. The maximum Gasteiger partial charge on any atom is 0.325 e. The van der Waals surface area contributed by atoms with Crippen molar-refractivity contribution in [2.24, 2.45) is 0 Å². The van der Waals surface area contributed by atoms with Gasteiger partial charge in [-0.25, -0.2) is 9.78 Å². The summed E-state index contributed by atoms with van der Waals surface area (Å²) < 4.78 is 0. The van der Waals surface area contributed by atoms with Gasteiger partial charge in [-0.3, -0.25) is 10.1 Å². The fraction of sp³-hybridized carbons (Fsp3) is 0.176. The number of aromatic nitrogens is 1. The highest BCUT2D eigenvalue weighted by Gasteiger charge is 2.09. The highest BCUT2D eigenvalue weighted by atomic mass is 32.2. The average Bonchev–Trinajstić information content (AvgIpc) is 2.56. The molecule has 7 heteroatoms. The molecule has 0 saturated heterocycles. The van der Waals surface area contributed by atoms with E-state index in [0.717, 1.165) is 22.9 Å². The van der Waals surface area contributed by atoms with Gasteiger partial charge in [-0.05, 0) is 49.2 Å². The number of carbonyl (C=O) groups excluding carboxylic acids is 2. The van der Waals surface area contributed by atoms with E-state index >= 15 is 0 Å². The van der Waals surface area contributed by atoms with Gasteiger partial charge in [0.2, 0.25) is 5.91 Å². The molecule has 0 fully saturated rings. The Hall–Kier alpha value is -2.85. The number of nitrogens with zero attached hydrogens (tertiary/aromatic N) is 2. The van der Waals surface area contributed by atoms with Gasteiger partial charge in [0.25, 0.3) is 0 Å². The second kappa shape index (κ2) is 8.13. The van der Waals surface area contributed by atoms with E-state index in [1.165, 1.54) is 6.20 Å². The molecule has 0 bridgehead atoms. The first-order chi connectivity index (χ1) is 11.5. The SMILES string of the molecule is Cc1ccc(NC(=O)NC(=O)CSc2cc(C#N)ccn2)cc1C. The van der Waals surface area contributed by atoms with Crippen molar-refractivity contribution in [1.82, 2.24) is 10.3 Å². The minimum absolute atomic E-state index is 0.0300. The molecule has 0 aliphatic carbocycles.